The second-order valence-corrected chi connectivity index (χ2v) is 23.6. The van der Waals surface area contributed by atoms with Crippen molar-refractivity contribution in [3.05, 3.63) is 284 Å². The van der Waals surface area contributed by atoms with Crippen LogP contribution >= 0.6 is 53.4 Å². The predicted molar refractivity (Wildman–Crippen MR) is 335 cm³/mol. The zero-order chi connectivity index (χ0) is 55.0. The van der Waals surface area contributed by atoms with Crippen LogP contribution in [0.5, 0.6) is 0 Å². The van der Waals surface area contributed by atoms with Gasteiger partial charge in [0, 0.05) is 114 Å². The number of aromatic nitrogens is 2. The quantitative estimate of drug-likeness (QED) is 0.0148. The van der Waals surface area contributed by atoms with Crippen molar-refractivity contribution in [2.75, 3.05) is 24.6 Å². The molecule has 0 spiro atoms. The first-order chi connectivity index (χ1) is 39.3. The first-order valence-corrected chi connectivity index (χ1v) is 30.5. The summed E-state index contributed by atoms with van der Waals surface area (Å²) in [7, 11) is 3.48. The molecule has 402 valence electrons. The summed E-state index contributed by atoms with van der Waals surface area (Å²) in [6, 6.07) is 72.1. The van der Waals surface area contributed by atoms with E-state index in [1.54, 1.807) is 21.6 Å². The number of amides is 2. The first-order valence-electron chi connectivity index (χ1n) is 26.5. The van der Waals surface area contributed by atoms with Gasteiger partial charge in [-0.15, -0.1) is 0 Å². The molecule has 0 aliphatic carbocycles. The van der Waals surface area contributed by atoms with E-state index in [0.717, 1.165) is 99.6 Å². The number of hydrogen-bond donors (Lipinski definition) is 4. The maximum Gasteiger partial charge on any atom is 0.269 e. The van der Waals surface area contributed by atoms with E-state index < -0.39 is 11.2 Å². The van der Waals surface area contributed by atoms with Crippen molar-refractivity contribution in [2.24, 2.45) is 10.3 Å². The highest BCUT2D eigenvalue weighted by molar-refractivity contribution is 9.10. The molecule has 80 heavy (non-hydrogen) atoms. The maximum absolute atomic E-state index is 14.3. The van der Waals surface area contributed by atoms with Crippen LogP contribution in [0, 0.1) is 0 Å². The van der Waals surface area contributed by atoms with Crippen LogP contribution in [0.3, 0.4) is 0 Å². The molecule has 0 saturated heterocycles. The van der Waals surface area contributed by atoms with Gasteiger partial charge in [0.05, 0.1) is 0 Å². The highest BCUT2D eigenvalue weighted by atomic mass is 79.9. The monoisotopic (exact) mass is 1220 g/mol. The standard InChI is InChI=1S/C66H58Br2N6O4S2/c67-55-33-35-59-57(43-55)47(45-71-59)41-61(73-77-65(49-21-7-1-8-22-49,50-23-9-2-10-24-50)51-25-11-3-12-26-51)63(75)69-37-19-39-79-80-40-20-38-70-64(76)62(42-48-46-72-60-36-34-56(68)44-58(48)60)74-78-66(52-27-13-4-14-28-52,53-29-15-5-16-30-53)54-31-17-6-18-32-54/h1-18,21-36,43-46,71-72H,19-20,37-42H2,(H,69,75)(H,70,76)/b73-61+,74-62+. The molecule has 10 aromatic rings. The lowest BCUT2D eigenvalue weighted by molar-refractivity contribution is -0.116. The minimum atomic E-state index is -1.16. The highest BCUT2D eigenvalue weighted by Crippen LogP contribution is 2.42. The summed E-state index contributed by atoms with van der Waals surface area (Å²) in [5.74, 6) is 0.998. The summed E-state index contributed by atoms with van der Waals surface area (Å²) in [5.41, 5.74) is 7.19. The van der Waals surface area contributed by atoms with E-state index in [0.29, 0.717) is 13.1 Å². The fourth-order valence-electron chi connectivity index (χ4n) is 9.85. The molecule has 0 atom stereocenters. The molecule has 8 aromatic carbocycles. The van der Waals surface area contributed by atoms with Crippen LogP contribution in [-0.2, 0) is 43.3 Å². The van der Waals surface area contributed by atoms with Crippen LogP contribution in [0.2, 0.25) is 0 Å². The molecular weight excluding hydrogens is 1160 g/mol. The lowest BCUT2D eigenvalue weighted by Gasteiger charge is -2.33. The van der Waals surface area contributed by atoms with Crippen molar-refractivity contribution in [2.45, 2.75) is 36.9 Å². The van der Waals surface area contributed by atoms with Crippen LogP contribution in [0.1, 0.15) is 57.3 Å². The second kappa shape index (κ2) is 27.0. The summed E-state index contributed by atoms with van der Waals surface area (Å²) in [4.78, 5) is 49.1. The number of carbonyl (C=O) groups is 2. The topological polar surface area (TPSA) is 133 Å². The summed E-state index contributed by atoms with van der Waals surface area (Å²) < 4.78 is 1.87. The number of nitrogens with one attached hydrogen (secondary N) is 4. The third kappa shape index (κ3) is 13.0. The van der Waals surface area contributed by atoms with Gasteiger partial charge in [-0.25, -0.2) is 0 Å². The lowest BCUT2D eigenvalue weighted by atomic mass is 9.80. The van der Waals surface area contributed by atoms with E-state index in [1.165, 1.54) is 0 Å². The van der Waals surface area contributed by atoms with Gasteiger partial charge in [-0.05, 0) is 60.4 Å². The van der Waals surface area contributed by atoms with Crippen LogP contribution in [0.15, 0.2) is 250 Å². The van der Waals surface area contributed by atoms with Gasteiger partial charge in [0.2, 0.25) is 11.2 Å². The van der Waals surface area contributed by atoms with Gasteiger partial charge in [-0.1, -0.05) is 246 Å². The van der Waals surface area contributed by atoms with Gasteiger partial charge in [0.1, 0.15) is 11.4 Å². The predicted octanol–water partition coefficient (Wildman–Crippen LogP) is 15.1. The van der Waals surface area contributed by atoms with Crippen molar-refractivity contribution >= 4 is 98.5 Å². The van der Waals surface area contributed by atoms with Crippen molar-refractivity contribution in [1.29, 1.82) is 0 Å². The van der Waals surface area contributed by atoms with Crippen molar-refractivity contribution in [1.82, 2.24) is 20.6 Å². The Bertz CT molecular complexity index is 3260. The molecular formula is C66H58Br2N6O4S2. The molecule has 2 aromatic heterocycles. The van der Waals surface area contributed by atoms with E-state index in [9.17, 15) is 9.59 Å². The van der Waals surface area contributed by atoms with Gasteiger partial charge in [0.15, 0.2) is 0 Å². The molecule has 14 heteroatoms. The molecule has 0 aliphatic heterocycles. The fraction of sp³-hybridized carbons (Fsp3) is 0.152. The summed E-state index contributed by atoms with van der Waals surface area (Å²) in [6.45, 7) is 0.888. The molecule has 10 nitrogen and oxygen atoms in total. The van der Waals surface area contributed by atoms with Crippen molar-refractivity contribution in [3.8, 4) is 0 Å². The zero-order valence-electron chi connectivity index (χ0n) is 43.7. The Balaban J connectivity index is 0.790. The molecule has 0 unspecified atom stereocenters. The SMILES string of the molecule is O=C(NCCCSSCCCNC(=O)/C(Cc1c[nH]c2ccc(Br)cc12)=N/OC(c1ccccc1)(c1ccccc1)c1ccccc1)/C(Cc1c[nH]c2ccc(Br)cc12)=N/OC(c1ccccc1)(c1ccccc1)c1ccccc1. The van der Waals surface area contributed by atoms with Gasteiger partial charge in [-0.3, -0.25) is 9.59 Å². The van der Waals surface area contributed by atoms with E-state index in [1.807, 2.05) is 231 Å². The van der Waals surface area contributed by atoms with Gasteiger partial charge in [0.25, 0.3) is 11.8 Å². The van der Waals surface area contributed by atoms with Crippen LogP contribution in [-0.4, -0.2) is 57.8 Å². The molecule has 2 amide bonds. The molecule has 0 aliphatic rings. The smallest absolute Gasteiger partial charge is 0.269 e. The number of aromatic amines is 2. The number of carbonyl (C=O) groups excluding carboxylic acids is 2. The molecule has 0 saturated carbocycles. The molecule has 4 N–H and O–H groups in total. The largest absolute Gasteiger partial charge is 0.374 e. The molecule has 0 radical (unpaired) electrons. The van der Waals surface area contributed by atoms with E-state index in [-0.39, 0.29) is 36.1 Å². The van der Waals surface area contributed by atoms with Crippen molar-refractivity contribution < 1.29 is 19.3 Å². The first kappa shape index (κ1) is 55.7. The summed E-state index contributed by atoms with van der Waals surface area (Å²) >= 11 is 7.26. The Labute approximate surface area is 490 Å². The van der Waals surface area contributed by atoms with Gasteiger partial charge >= 0.3 is 0 Å². The number of benzene rings is 8. The van der Waals surface area contributed by atoms with Crippen LogP contribution < -0.4 is 10.6 Å². The second-order valence-electron chi connectivity index (χ2n) is 19.0. The molecule has 2 heterocycles. The summed E-state index contributed by atoms with van der Waals surface area (Å²) in [5, 5.41) is 17.9. The van der Waals surface area contributed by atoms with Gasteiger partial charge in [-0.2, -0.15) is 0 Å². The third-order valence-corrected chi connectivity index (χ3v) is 17.4. The Morgan fingerprint density at radius 2 is 0.738 bits per heavy atom. The number of rotatable bonds is 25. The Kier molecular flexibility index (Phi) is 18.8. The average molecular weight is 1220 g/mol. The number of hydrogen-bond acceptors (Lipinski definition) is 8. The number of halogens is 2. The van der Waals surface area contributed by atoms with E-state index >= 15 is 0 Å². The third-order valence-electron chi connectivity index (χ3n) is 13.8. The van der Waals surface area contributed by atoms with Crippen LogP contribution in [0.25, 0.3) is 21.8 Å². The minimum absolute atomic E-state index is 0.231. The van der Waals surface area contributed by atoms with Gasteiger partial charge < -0.3 is 30.3 Å². The van der Waals surface area contributed by atoms with Crippen LogP contribution in [0.4, 0.5) is 0 Å². The fourth-order valence-corrected chi connectivity index (χ4v) is 12.7. The molecule has 0 fully saturated rings. The lowest BCUT2D eigenvalue weighted by Crippen LogP contribution is -2.36. The number of oxime groups is 2. The van der Waals surface area contributed by atoms with Crippen molar-refractivity contribution in [3.63, 3.8) is 0 Å². The Hall–Kier alpha value is -7.62. The molecule has 10 rings (SSSR count). The summed E-state index contributed by atoms with van der Waals surface area (Å²) in [6.07, 6.45) is 5.79. The number of H-pyrrole nitrogens is 2. The highest BCUT2D eigenvalue weighted by Gasteiger charge is 2.41. The number of fused-ring (bicyclic) bond motifs is 2. The zero-order valence-corrected chi connectivity index (χ0v) is 48.5. The number of nitrogens with zero attached hydrogens (tertiary/aromatic N) is 2. The van der Waals surface area contributed by atoms with E-state index in [2.05, 4.69) is 52.5 Å². The molecule has 0 bridgehead atoms. The average Bonchev–Trinajstić information content (AvgIpc) is 4.21. The normalized spacial score (nSPS) is 12.1. The Morgan fingerprint density at radius 3 is 1.04 bits per heavy atom. The maximum atomic E-state index is 14.3. The Morgan fingerprint density at radius 1 is 0.438 bits per heavy atom. The van der Waals surface area contributed by atoms with E-state index in [4.69, 9.17) is 20.0 Å². The minimum Gasteiger partial charge on any atom is -0.374 e.